The van der Waals surface area contributed by atoms with Crippen molar-refractivity contribution >= 4 is 11.8 Å². The van der Waals surface area contributed by atoms with Crippen LogP contribution in [0.3, 0.4) is 0 Å². The van der Waals surface area contributed by atoms with Crippen LogP contribution in [0, 0.1) is 0 Å². The summed E-state index contributed by atoms with van der Waals surface area (Å²) in [7, 11) is 1.85. The summed E-state index contributed by atoms with van der Waals surface area (Å²) in [6, 6.07) is 4.22. The maximum atomic E-state index is 5.49. The third-order valence-corrected chi connectivity index (χ3v) is 4.92. The molecule has 2 fully saturated rings. The SMILES string of the molecule is CNc1nc(NCCCn2nccc2C2CC2)cc([C@H]2CCOC2)n1. The second-order valence-electron chi connectivity index (χ2n) is 6.85. The number of rotatable bonds is 8. The van der Waals surface area contributed by atoms with E-state index in [0.29, 0.717) is 11.9 Å². The molecule has 2 N–H and O–H groups in total. The molecular formula is C18H26N6O. The molecule has 0 bridgehead atoms. The molecular weight excluding hydrogens is 316 g/mol. The fourth-order valence-electron chi connectivity index (χ4n) is 3.35. The van der Waals surface area contributed by atoms with Crippen LogP contribution < -0.4 is 10.6 Å². The maximum absolute atomic E-state index is 5.49. The van der Waals surface area contributed by atoms with Crippen molar-refractivity contribution in [3.8, 4) is 0 Å². The standard InChI is InChI=1S/C18H26N6O/c1-19-18-22-15(14-6-10-25-12-14)11-17(23-18)20-7-2-9-24-16(5-8-21-24)13-3-4-13/h5,8,11,13-14H,2-4,6-7,9-10,12H2,1H3,(H2,19,20,22,23)/t14-/m0/s1. The molecule has 1 saturated heterocycles. The predicted molar refractivity (Wildman–Crippen MR) is 97.1 cm³/mol. The minimum Gasteiger partial charge on any atom is -0.381 e. The summed E-state index contributed by atoms with van der Waals surface area (Å²) in [5.74, 6) is 2.66. The monoisotopic (exact) mass is 342 g/mol. The topological polar surface area (TPSA) is 76.9 Å². The zero-order chi connectivity index (χ0) is 17.1. The molecule has 7 nitrogen and oxygen atoms in total. The molecule has 1 atom stereocenters. The summed E-state index contributed by atoms with van der Waals surface area (Å²) in [5, 5.41) is 10.9. The Hall–Kier alpha value is -2.15. The van der Waals surface area contributed by atoms with Gasteiger partial charge in [0, 0.05) is 56.5 Å². The van der Waals surface area contributed by atoms with Gasteiger partial charge in [-0.2, -0.15) is 10.1 Å². The Balaban J connectivity index is 1.33. The minimum absolute atomic E-state index is 0.376. The lowest BCUT2D eigenvalue weighted by Crippen LogP contribution is -2.12. The van der Waals surface area contributed by atoms with Crippen molar-refractivity contribution in [1.82, 2.24) is 19.7 Å². The van der Waals surface area contributed by atoms with Crippen LogP contribution in [-0.2, 0) is 11.3 Å². The number of nitrogens with zero attached hydrogens (tertiary/aromatic N) is 4. The van der Waals surface area contributed by atoms with Gasteiger partial charge in [-0.05, 0) is 31.7 Å². The van der Waals surface area contributed by atoms with Crippen LogP contribution in [0.1, 0.15) is 48.9 Å². The highest BCUT2D eigenvalue weighted by Gasteiger charge is 2.26. The van der Waals surface area contributed by atoms with Gasteiger partial charge >= 0.3 is 0 Å². The van der Waals surface area contributed by atoms with Gasteiger partial charge < -0.3 is 15.4 Å². The first kappa shape index (κ1) is 16.3. The third-order valence-electron chi connectivity index (χ3n) is 4.92. The number of ether oxygens (including phenoxy) is 1. The van der Waals surface area contributed by atoms with Gasteiger partial charge in [0.25, 0.3) is 0 Å². The summed E-state index contributed by atoms with van der Waals surface area (Å²) in [6.45, 7) is 3.38. The number of aryl methyl sites for hydroxylation is 1. The van der Waals surface area contributed by atoms with Crippen molar-refractivity contribution in [1.29, 1.82) is 0 Å². The van der Waals surface area contributed by atoms with Crippen molar-refractivity contribution in [2.24, 2.45) is 0 Å². The van der Waals surface area contributed by atoms with E-state index in [1.807, 2.05) is 13.2 Å². The van der Waals surface area contributed by atoms with Crippen LogP contribution in [0.25, 0.3) is 0 Å². The van der Waals surface area contributed by atoms with Gasteiger partial charge in [0.15, 0.2) is 0 Å². The van der Waals surface area contributed by atoms with Crippen LogP contribution in [0.2, 0.25) is 0 Å². The van der Waals surface area contributed by atoms with E-state index in [2.05, 4.69) is 42.5 Å². The zero-order valence-electron chi connectivity index (χ0n) is 14.7. The second-order valence-corrected chi connectivity index (χ2v) is 6.85. The van der Waals surface area contributed by atoms with Crippen LogP contribution >= 0.6 is 0 Å². The number of hydrogen-bond donors (Lipinski definition) is 2. The summed E-state index contributed by atoms with van der Waals surface area (Å²) in [5.41, 5.74) is 2.45. The first-order valence-corrected chi connectivity index (χ1v) is 9.23. The van der Waals surface area contributed by atoms with E-state index in [-0.39, 0.29) is 0 Å². The lowest BCUT2D eigenvalue weighted by molar-refractivity contribution is 0.193. The number of nitrogens with one attached hydrogen (secondary N) is 2. The number of aromatic nitrogens is 4. The molecule has 7 heteroatoms. The summed E-state index contributed by atoms with van der Waals surface area (Å²) in [6.07, 6.45) is 6.59. The van der Waals surface area contributed by atoms with Crippen LogP contribution in [-0.4, -0.2) is 46.6 Å². The molecule has 25 heavy (non-hydrogen) atoms. The van der Waals surface area contributed by atoms with E-state index < -0.39 is 0 Å². The summed E-state index contributed by atoms with van der Waals surface area (Å²) < 4.78 is 7.64. The quantitative estimate of drug-likeness (QED) is 0.718. The van der Waals surface area contributed by atoms with E-state index in [1.165, 1.54) is 18.5 Å². The fourth-order valence-corrected chi connectivity index (χ4v) is 3.35. The average molecular weight is 342 g/mol. The van der Waals surface area contributed by atoms with E-state index in [4.69, 9.17) is 4.74 Å². The Morgan fingerprint density at radius 2 is 2.16 bits per heavy atom. The van der Waals surface area contributed by atoms with Crippen LogP contribution in [0.5, 0.6) is 0 Å². The number of anilines is 2. The first-order chi connectivity index (χ1) is 12.3. The van der Waals surface area contributed by atoms with Crippen LogP contribution in [0.15, 0.2) is 18.3 Å². The molecule has 4 rings (SSSR count). The van der Waals surface area contributed by atoms with Crippen molar-refractivity contribution in [2.75, 3.05) is 37.4 Å². The van der Waals surface area contributed by atoms with Crippen molar-refractivity contribution < 1.29 is 4.74 Å². The molecule has 1 saturated carbocycles. The lowest BCUT2D eigenvalue weighted by atomic mass is 10.0. The Morgan fingerprint density at radius 3 is 2.92 bits per heavy atom. The predicted octanol–water partition coefficient (Wildman–Crippen LogP) is 2.60. The van der Waals surface area contributed by atoms with E-state index >= 15 is 0 Å². The van der Waals surface area contributed by atoms with Gasteiger partial charge in [-0.25, -0.2) is 4.98 Å². The molecule has 0 spiro atoms. The molecule has 0 unspecified atom stereocenters. The highest BCUT2D eigenvalue weighted by atomic mass is 16.5. The van der Waals surface area contributed by atoms with Gasteiger partial charge in [0.1, 0.15) is 5.82 Å². The molecule has 2 aromatic heterocycles. The van der Waals surface area contributed by atoms with Gasteiger partial charge in [-0.1, -0.05) is 0 Å². The van der Waals surface area contributed by atoms with Crippen LogP contribution in [0.4, 0.5) is 11.8 Å². The highest BCUT2D eigenvalue weighted by molar-refractivity contribution is 5.43. The molecule has 2 aliphatic rings. The Kier molecular flexibility index (Phi) is 4.83. The largest absolute Gasteiger partial charge is 0.381 e. The van der Waals surface area contributed by atoms with Gasteiger partial charge in [0.2, 0.25) is 5.95 Å². The number of hydrogen-bond acceptors (Lipinski definition) is 6. The molecule has 0 amide bonds. The molecule has 1 aliphatic heterocycles. The normalized spacial score (nSPS) is 20.0. The van der Waals surface area contributed by atoms with E-state index in [9.17, 15) is 0 Å². The maximum Gasteiger partial charge on any atom is 0.224 e. The molecule has 3 heterocycles. The second kappa shape index (κ2) is 7.39. The Labute approximate surface area is 148 Å². The van der Waals surface area contributed by atoms with Gasteiger partial charge in [0.05, 0.1) is 12.3 Å². The Bertz CT molecular complexity index is 705. The molecule has 2 aromatic rings. The van der Waals surface area contributed by atoms with Gasteiger partial charge in [-0.3, -0.25) is 4.68 Å². The van der Waals surface area contributed by atoms with Crippen molar-refractivity contribution in [3.63, 3.8) is 0 Å². The van der Waals surface area contributed by atoms with Gasteiger partial charge in [-0.15, -0.1) is 0 Å². The smallest absolute Gasteiger partial charge is 0.224 e. The molecule has 0 radical (unpaired) electrons. The zero-order valence-corrected chi connectivity index (χ0v) is 14.7. The van der Waals surface area contributed by atoms with E-state index in [0.717, 1.165) is 56.6 Å². The minimum atomic E-state index is 0.376. The third kappa shape index (κ3) is 3.92. The summed E-state index contributed by atoms with van der Waals surface area (Å²) in [4.78, 5) is 9.10. The van der Waals surface area contributed by atoms with E-state index in [1.54, 1.807) is 0 Å². The molecule has 134 valence electrons. The molecule has 1 aliphatic carbocycles. The lowest BCUT2D eigenvalue weighted by Gasteiger charge is -2.13. The summed E-state index contributed by atoms with van der Waals surface area (Å²) >= 11 is 0. The van der Waals surface area contributed by atoms with Crippen molar-refractivity contribution in [3.05, 3.63) is 29.7 Å². The first-order valence-electron chi connectivity index (χ1n) is 9.23. The van der Waals surface area contributed by atoms with Crippen molar-refractivity contribution in [2.45, 2.75) is 44.1 Å². The molecule has 0 aromatic carbocycles. The fraction of sp³-hybridized carbons (Fsp3) is 0.611. The highest BCUT2D eigenvalue weighted by Crippen LogP contribution is 2.39. The average Bonchev–Trinajstić information content (AvgIpc) is 3.13. The Morgan fingerprint density at radius 1 is 1.24 bits per heavy atom.